The summed E-state index contributed by atoms with van der Waals surface area (Å²) in [6.45, 7) is 8.11. The quantitative estimate of drug-likeness (QED) is 0.769. The van der Waals surface area contributed by atoms with Crippen molar-refractivity contribution in [2.75, 3.05) is 13.1 Å². The highest BCUT2D eigenvalue weighted by Crippen LogP contribution is 2.48. The SMILES string of the molecule is CC1CC(C)(C)C(CN)C1N1CC(Cl)CC1=O. The van der Waals surface area contributed by atoms with Crippen molar-refractivity contribution in [3.8, 4) is 0 Å². The van der Waals surface area contributed by atoms with Crippen molar-refractivity contribution in [2.24, 2.45) is 23.0 Å². The van der Waals surface area contributed by atoms with E-state index in [4.69, 9.17) is 17.3 Å². The molecule has 4 heteroatoms. The van der Waals surface area contributed by atoms with Crippen LogP contribution >= 0.6 is 11.6 Å². The number of halogens is 1. The number of nitrogens with zero attached hydrogens (tertiary/aromatic N) is 1. The minimum Gasteiger partial charge on any atom is -0.338 e. The summed E-state index contributed by atoms with van der Waals surface area (Å²) in [6.07, 6.45) is 1.62. The first-order valence-electron chi connectivity index (χ1n) is 6.50. The van der Waals surface area contributed by atoms with Crippen molar-refractivity contribution in [2.45, 2.75) is 45.0 Å². The molecule has 2 aliphatic rings. The van der Waals surface area contributed by atoms with E-state index < -0.39 is 0 Å². The van der Waals surface area contributed by atoms with Gasteiger partial charge < -0.3 is 10.6 Å². The molecule has 0 bridgehead atoms. The lowest BCUT2D eigenvalue weighted by atomic mass is 9.80. The molecule has 1 amide bonds. The van der Waals surface area contributed by atoms with Gasteiger partial charge in [-0.25, -0.2) is 0 Å². The predicted octanol–water partition coefficient (Wildman–Crippen LogP) is 1.84. The van der Waals surface area contributed by atoms with E-state index in [2.05, 4.69) is 20.8 Å². The number of nitrogens with two attached hydrogens (primary N) is 1. The van der Waals surface area contributed by atoms with Crippen LogP contribution in [0.25, 0.3) is 0 Å². The highest BCUT2D eigenvalue weighted by Gasteiger charge is 2.50. The van der Waals surface area contributed by atoms with Crippen molar-refractivity contribution < 1.29 is 4.79 Å². The van der Waals surface area contributed by atoms with Crippen LogP contribution in [0, 0.1) is 17.3 Å². The second-order valence-corrected chi connectivity index (χ2v) is 6.97. The van der Waals surface area contributed by atoms with E-state index in [1.807, 2.05) is 4.90 Å². The molecule has 1 aliphatic carbocycles. The summed E-state index contributed by atoms with van der Waals surface area (Å²) < 4.78 is 0. The van der Waals surface area contributed by atoms with Gasteiger partial charge in [-0.2, -0.15) is 0 Å². The van der Waals surface area contributed by atoms with Crippen molar-refractivity contribution >= 4 is 17.5 Å². The second kappa shape index (κ2) is 4.43. The molecule has 0 aromatic rings. The van der Waals surface area contributed by atoms with E-state index in [1.165, 1.54) is 0 Å². The van der Waals surface area contributed by atoms with E-state index in [0.29, 0.717) is 31.3 Å². The highest BCUT2D eigenvalue weighted by atomic mass is 35.5. The largest absolute Gasteiger partial charge is 0.338 e. The second-order valence-electron chi connectivity index (χ2n) is 6.35. The van der Waals surface area contributed by atoms with Crippen molar-refractivity contribution in [3.05, 3.63) is 0 Å². The van der Waals surface area contributed by atoms with Gasteiger partial charge in [0.25, 0.3) is 0 Å². The summed E-state index contributed by atoms with van der Waals surface area (Å²) in [5, 5.41) is -0.0168. The molecule has 0 radical (unpaired) electrons. The fourth-order valence-corrected chi connectivity index (χ4v) is 4.20. The van der Waals surface area contributed by atoms with Crippen LogP contribution in [0.2, 0.25) is 0 Å². The number of alkyl halides is 1. The first kappa shape index (κ1) is 13.2. The van der Waals surface area contributed by atoms with Crippen LogP contribution in [-0.2, 0) is 4.79 Å². The number of rotatable bonds is 2. The molecule has 3 nitrogen and oxygen atoms in total. The van der Waals surface area contributed by atoms with Crippen LogP contribution in [0.1, 0.15) is 33.6 Å². The zero-order valence-corrected chi connectivity index (χ0v) is 11.7. The van der Waals surface area contributed by atoms with Crippen molar-refractivity contribution in [3.63, 3.8) is 0 Å². The molecule has 4 unspecified atom stereocenters. The summed E-state index contributed by atoms with van der Waals surface area (Å²) >= 11 is 6.10. The van der Waals surface area contributed by atoms with E-state index in [-0.39, 0.29) is 22.7 Å². The van der Waals surface area contributed by atoms with Gasteiger partial charge in [0, 0.05) is 19.0 Å². The molecule has 1 saturated heterocycles. The average molecular weight is 259 g/mol. The molecule has 98 valence electrons. The van der Waals surface area contributed by atoms with Crippen molar-refractivity contribution in [1.29, 1.82) is 0 Å². The van der Waals surface area contributed by atoms with Gasteiger partial charge in [0.1, 0.15) is 0 Å². The van der Waals surface area contributed by atoms with Gasteiger partial charge in [0.05, 0.1) is 5.38 Å². The van der Waals surface area contributed by atoms with Gasteiger partial charge in [-0.3, -0.25) is 4.79 Å². The van der Waals surface area contributed by atoms with Crippen LogP contribution in [-0.4, -0.2) is 35.3 Å². The summed E-state index contributed by atoms with van der Waals surface area (Å²) in [5.74, 6) is 1.12. The van der Waals surface area contributed by atoms with E-state index in [9.17, 15) is 4.79 Å². The Labute approximate surface area is 109 Å². The summed E-state index contributed by atoms with van der Waals surface area (Å²) in [4.78, 5) is 14.0. The third-order valence-electron chi connectivity index (χ3n) is 4.57. The molecule has 0 aromatic carbocycles. The van der Waals surface area contributed by atoms with Gasteiger partial charge in [-0.1, -0.05) is 20.8 Å². The lowest BCUT2D eigenvalue weighted by molar-refractivity contribution is -0.131. The molecule has 2 fully saturated rings. The first-order valence-corrected chi connectivity index (χ1v) is 6.94. The van der Waals surface area contributed by atoms with E-state index in [1.54, 1.807) is 0 Å². The lowest BCUT2D eigenvalue weighted by Gasteiger charge is -2.35. The topological polar surface area (TPSA) is 46.3 Å². The Hall–Kier alpha value is -0.280. The number of carbonyl (C=O) groups excluding carboxylic acids is 1. The maximum absolute atomic E-state index is 12.0. The van der Waals surface area contributed by atoms with Crippen LogP contribution in [0.15, 0.2) is 0 Å². The normalized spacial score (nSPS) is 41.2. The molecule has 1 aliphatic heterocycles. The number of hydrogen-bond acceptors (Lipinski definition) is 2. The third-order valence-corrected chi connectivity index (χ3v) is 4.86. The van der Waals surface area contributed by atoms with Gasteiger partial charge >= 0.3 is 0 Å². The Morgan fingerprint density at radius 3 is 2.65 bits per heavy atom. The number of hydrogen-bond donors (Lipinski definition) is 1. The molecule has 1 heterocycles. The lowest BCUT2D eigenvalue weighted by Crippen LogP contribution is -2.46. The average Bonchev–Trinajstić information content (AvgIpc) is 2.62. The monoisotopic (exact) mass is 258 g/mol. The van der Waals surface area contributed by atoms with Crippen LogP contribution in [0.3, 0.4) is 0 Å². The van der Waals surface area contributed by atoms with Gasteiger partial charge in [-0.05, 0) is 30.2 Å². The standard InChI is InChI=1S/C13H23ClN2O/c1-8-5-13(2,3)10(6-15)12(8)16-7-9(14)4-11(16)17/h8-10,12H,4-7,15H2,1-3H3. The molecule has 4 atom stereocenters. The zero-order valence-electron chi connectivity index (χ0n) is 10.9. The minimum atomic E-state index is -0.0168. The van der Waals surface area contributed by atoms with E-state index >= 15 is 0 Å². The highest BCUT2D eigenvalue weighted by molar-refractivity contribution is 6.22. The fourth-order valence-electron chi connectivity index (χ4n) is 3.92. The van der Waals surface area contributed by atoms with Gasteiger partial charge in [0.2, 0.25) is 5.91 Å². The zero-order chi connectivity index (χ0) is 12.8. The first-order chi connectivity index (χ1) is 7.86. The molecule has 17 heavy (non-hydrogen) atoms. The molecule has 2 N–H and O–H groups in total. The third kappa shape index (κ3) is 2.19. The summed E-state index contributed by atoms with van der Waals surface area (Å²) in [5.41, 5.74) is 6.16. The van der Waals surface area contributed by atoms with E-state index in [0.717, 1.165) is 6.42 Å². The molecule has 2 rings (SSSR count). The molecule has 0 aromatic heterocycles. The maximum Gasteiger partial charge on any atom is 0.224 e. The number of amides is 1. The van der Waals surface area contributed by atoms with Crippen LogP contribution in [0.5, 0.6) is 0 Å². The maximum atomic E-state index is 12.0. The Kier molecular flexibility index (Phi) is 3.43. The Balaban J connectivity index is 2.22. The summed E-state index contributed by atoms with van der Waals surface area (Å²) in [7, 11) is 0. The molecular weight excluding hydrogens is 236 g/mol. The Morgan fingerprint density at radius 2 is 2.18 bits per heavy atom. The van der Waals surface area contributed by atoms with Gasteiger partial charge in [-0.15, -0.1) is 11.6 Å². The van der Waals surface area contributed by atoms with Crippen molar-refractivity contribution in [1.82, 2.24) is 4.90 Å². The fraction of sp³-hybridized carbons (Fsp3) is 0.923. The predicted molar refractivity (Wildman–Crippen MR) is 69.9 cm³/mol. The minimum absolute atomic E-state index is 0.0168. The summed E-state index contributed by atoms with van der Waals surface area (Å²) in [6, 6.07) is 0.284. The Bertz CT molecular complexity index is 319. The van der Waals surface area contributed by atoms with Gasteiger partial charge in [0.15, 0.2) is 0 Å². The van der Waals surface area contributed by atoms with Crippen LogP contribution < -0.4 is 5.73 Å². The molecule has 1 saturated carbocycles. The number of likely N-dealkylation sites (tertiary alicyclic amines) is 1. The number of carbonyl (C=O) groups is 1. The van der Waals surface area contributed by atoms with Crippen LogP contribution in [0.4, 0.5) is 0 Å². The Morgan fingerprint density at radius 1 is 1.53 bits per heavy atom. The molecule has 0 spiro atoms. The smallest absolute Gasteiger partial charge is 0.224 e. The molecular formula is C13H23ClN2O.